The van der Waals surface area contributed by atoms with Gasteiger partial charge in [0.15, 0.2) is 0 Å². The molecule has 1 N–H and O–H groups in total. The highest BCUT2D eigenvalue weighted by atomic mass is 28.1. The maximum absolute atomic E-state index is 3.55. The van der Waals surface area contributed by atoms with E-state index in [-0.39, 0.29) is 0 Å². The zero-order chi connectivity index (χ0) is 15.4. The van der Waals surface area contributed by atoms with Crippen molar-refractivity contribution in [3.05, 3.63) is 0 Å². The Kier molecular flexibility index (Phi) is 20.3. The maximum atomic E-state index is 3.55. The fourth-order valence-corrected chi connectivity index (χ4v) is 3.22. The highest BCUT2D eigenvalue weighted by Crippen LogP contribution is 2.12. The third-order valence-corrected chi connectivity index (χ3v) is 5.12. The van der Waals surface area contributed by atoms with Gasteiger partial charge >= 0.3 is 0 Å². The molecule has 0 aliphatic carbocycles. The number of unbranched alkanes of at least 4 members (excludes halogenated alkanes) is 13. The SMILES string of the molecule is CCCCCCCCCCCCCCCCNCCC[SiH3]. The van der Waals surface area contributed by atoms with E-state index < -0.39 is 0 Å². The van der Waals surface area contributed by atoms with Crippen LogP contribution in [0.25, 0.3) is 0 Å². The van der Waals surface area contributed by atoms with E-state index in [9.17, 15) is 0 Å². The summed E-state index contributed by atoms with van der Waals surface area (Å²) in [4.78, 5) is 0. The van der Waals surface area contributed by atoms with Gasteiger partial charge in [0.05, 0.1) is 0 Å². The predicted molar refractivity (Wildman–Crippen MR) is 103 cm³/mol. The summed E-state index contributed by atoms with van der Waals surface area (Å²) in [5.41, 5.74) is 0. The van der Waals surface area contributed by atoms with Crippen LogP contribution in [0.3, 0.4) is 0 Å². The molecule has 0 aliphatic heterocycles. The van der Waals surface area contributed by atoms with Gasteiger partial charge in [0.1, 0.15) is 0 Å². The van der Waals surface area contributed by atoms with E-state index in [1.54, 1.807) is 0 Å². The highest BCUT2D eigenvalue weighted by Gasteiger charge is 1.94. The van der Waals surface area contributed by atoms with Crippen LogP contribution >= 0.6 is 0 Å². The van der Waals surface area contributed by atoms with Gasteiger partial charge in [0.2, 0.25) is 0 Å². The second-order valence-electron chi connectivity index (χ2n) is 6.70. The van der Waals surface area contributed by atoms with E-state index in [4.69, 9.17) is 0 Å². The average Bonchev–Trinajstić information content (AvgIpc) is 2.50. The van der Waals surface area contributed by atoms with Gasteiger partial charge in [-0.2, -0.15) is 0 Å². The number of hydrogen-bond donors (Lipinski definition) is 1. The Balaban J connectivity index is 2.90. The molecule has 0 saturated heterocycles. The summed E-state index contributed by atoms with van der Waals surface area (Å²) in [6, 6.07) is 1.45. The van der Waals surface area contributed by atoms with Crippen LogP contribution in [0.5, 0.6) is 0 Å². The first-order valence-electron chi connectivity index (χ1n) is 10.1. The van der Waals surface area contributed by atoms with E-state index in [1.165, 1.54) is 126 Å². The van der Waals surface area contributed by atoms with Gasteiger partial charge in [-0.25, -0.2) is 0 Å². The summed E-state index contributed by atoms with van der Waals surface area (Å²) < 4.78 is 0. The molecule has 0 saturated carbocycles. The van der Waals surface area contributed by atoms with Crippen LogP contribution in [0.2, 0.25) is 6.04 Å². The second kappa shape index (κ2) is 20.2. The van der Waals surface area contributed by atoms with E-state index in [1.807, 2.05) is 0 Å². The van der Waals surface area contributed by atoms with Crippen molar-refractivity contribution in [1.29, 1.82) is 0 Å². The summed E-state index contributed by atoms with van der Waals surface area (Å²) in [6.07, 6.45) is 21.8. The number of rotatable bonds is 18. The average molecular weight is 314 g/mol. The third-order valence-electron chi connectivity index (χ3n) is 4.41. The Labute approximate surface area is 138 Å². The minimum atomic E-state index is 1.25. The van der Waals surface area contributed by atoms with Crippen LogP contribution in [0, 0.1) is 0 Å². The van der Waals surface area contributed by atoms with E-state index in [0.717, 1.165) is 0 Å². The predicted octanol–water partition coefficient (Wildman–Crippen LogP) is 5.23. The van der Waals surface area contributed by atoms with Crippen molar-refractivity contribution in [2.45, 2.75) is 109 Å². The molecule has 128 valence electrons. The molecule has 0 fully saturated rings. The Morgan fingerprint density at radius 1 is 0.524 bits per heavy atom. The molecule has 0 atom stereocenters. The quantitative estimate of drug-likeness (QED) is 0.270. The molecular formula is C19H43NSi. The monoisotopic (exact) mass is 313 g/mol. The summed E-state index contributed by atoms with van der Waals surface area (Å²) >= 11 is 0. The molecule has 0 rings (SSSR count). The van der Waals surface area contributed by atoms with Gasteiger partial charge in [-0.1, -0.05) is 96.4 Å². The van der Waals surface area contributed by atoms with Crippen molar-refractivity contribution in [2.75, 3.05) is 13.1 Å². The summed E-state index contributed by atoms with van der Waals surface area (Å²) in [5, 5.41) is 3.55. The normalized spacial score (nSPS) is 11.3. The topological polar surface area (TPSA) is 12.0 Å². The van der Waals surface area contributed by atoms with Gasteiger partial charge in [0.25, 0.3) is 0 Å². The summed E-state index contributed by atoms with van der Waals surface area (Å²) in [5.74, 6) is 0. The van der Waals surface area contributed by atoms with Crippen LogP contribution in [-0.2, 0) is 0 Å². The van der Waals surface area contributed by atoms with Gasteiger partial charge in [-0.05, 0) is 25.9 Å². The first kappa shape index (κ1) is 21.2. The molecule has 0 heterocycles. The number of hydrogen-bond acceptors (Lipinski definition) is 1. The lowest BCUT2D eigenvalue weighted by molar-refractivity contribution is 0.529. The molecule has 0 aromatic carbocycles. The van der Waals surface area contributed by atoms with E-state index in [2.05, 4.69) is 12.2 Å². The lowest BCUT2D eigenvalue weighted by Gasteiger charge is -2.04. The maximum Gasteiger partial charge on any atom is 0.00286 e. The first-order valence-corrected chi connectivity index (χ1v) is 11.5. The van der Waals surface area contributed by atoms with E-state index in [0.29, 0.717) is 0 Å². The minimum absolute atomic E-state index is 1.25. The first-order chi connectivity index (χ1) is 10.4. The lowest BCUT2D eigenvalue weighted by atomic mass is 10.0. The van der Waals surface area contributed by atoms with Crippen LogP contribution in [0.4, 0.5) is 0 Å². The summed E-state index contributed by atoms with van der Waals surface area (Å²) in [7, 11) is 1.37. The Bertz CT molecular complexity index is 155. The third kappa shape index (κ3) is 20.2. The van der Waals surface area contributed by atoms with Gasteiger partial charge in [0, 0.05) is 10.2 Å². The fraction of sp³-hybridized carbons (Fsp3) is 1.00. The lowest BCUT2D eigenvalue weighted by Crippen LogP contribution is -2.16. The molecule has 0 amide bonds. The molecule has 0 unspecified atom stereocenters. The molecule has 0 bridgehead atoms. The standard InChI is InChI=1S/C19H43NSi/c1-2-3-4-5-6-7-8-9-10-11-12-13-14-15-17-20-18-16-19-21/h20H,2-19H2,1,21H3. The smallest absolute Gasteiger partial charge is 0.00286 e. The van der Waals surface area contributed by atoms with Gasteiger partial charge < -0.3 is 5.32 Å². The van der Waals surface area contributed by atoms with Crippen LogP contribution in [0.15, 0.2) is 0 Å². The van der Waals surface area contributed by atoms with Crippen molar-refractivity contribution in [1.82, 2.24) is 5.32 Å². The van der Waals surface area contributed by atoms with Crippen molar-refractivity contribution in [2.24, 2.45) is 0 Å². The fourth-order valence-electron chi connectivity index (χ4n) is 2.87. The second-order valence-corrected chi connectivity index (χ2v) is 7.70. The molecule has 0 radical (unpaired) electrons. The molecule has 2 heteroatoms. The molecule has 0 aliphatic rings. The molecular weight excluding hydrogens is 270 g/mol. The van der Waals surface area contributed by atoms with Gasteiger partial charge in [-0.15, -0.1) is 0 Å². The molecule has 1 nitrogen and oxygen atoms in total. The number of nitrogens with one attached hydrogen (secondary N) is 1. The van der Waals surface area contributed by atoms with Crippen molar-refractivity contribution < 1.29 is 0 Å². The zero-order valence-corrected chi connectivity index (χ0v) is 17.2. The summed E-state index contributed by atoms with van der Waals surface area (Å²) in [6.45, 7) is 4.80. The Morgan fingerprint density at radius 2 is 0.905 bits per heavy atom. The largest absolute Gasteiger partial charge is 0.317 e. The van der Waals surface area contributed by atoms with Crippen LogP contribution < -0.4 is 5.32 Å². The van der Waals surface area contributed by atoms with Crippen LogP contribution in [-0.4, -0.2) is 23.3 Å². The van der Waals surface area contributed by atoms with Crippen LogP contribution in [0.1, 0.15) is 103 Å². The molecule has 0 aromatic heterocycles. The van der Waals surface area contributed by atoms with Crippen molar-refractivity contribution in [3.63, 3.8) is 0 Å². The van der Waals surface area contributed by atoms with Crippen molar-refractivity contribution >= 4 is 10.2 Å². The molecule has 21 heavy (non-hydrogen) atoms. The van der Waals surface area contributed by atoms with Gasteiger partial charge in [-0.3, -0.25) is 0 Å². The minimum Gasteiger partial charge on any atom is -0.317 e. The highest BCUT2D eigenvalue weighted by molar-refractivity contribution is 6.08. The molecule has 0 aromatic rings. The van der Waals surface area contributed by atoms with E-state index >= 15 is 0 Å². The molecule has 0 spiro atoms. The zero-order valence-electron chi connectivity index (χ0n) is 15.2. The Hall–Kier alpha value is 0.177. The van der Waals surface area contributed by atoms with Crippen molar-refractivity contribution in [3.8, 4) is 0 Å². The Morgan fingerprint density at radius 3 is 1.33 bits per heavy atom.